The lowest BCUT2D eigenvalue weighted by Gasteiger charge is -2.04. The summed E-state index contributed by atoms with van der Waals surface area (Å²) >= 11 is 0. The molecule has 0 aliphatic rings. The van der Waals surface area contributed by atoms with Crippen molar-refractivity contribution >= 4 is 11.6 Å². The molecule has 2 aromatic rings. The molecule has 5 nitrogen and oxygen atoms in total. The maximum Gasteiger partial charge on any atom is 0.254 e. The van der Waals surface area contributed by atoms with Crippen molar-refractivity contribution < 1.29 is 4.79 Å². The first-order valence-corrected chi connectivity index (χ1v) is 4.73. The quantitative estimate of drug-likeness (QED) is 0.791. The van der Waals surface area contributed by atoms with Gasteiger partial charge in [-0.2, -0.15) is 5.10 Å². The van der Waals surface area contributed by atoms with Crippen LogP contribution in [-0.4, -0.2) is 20.5 Å². The zero-order valence-corrected chi connectivity index (χ0v) is 8.64. The predicted octanol–water partition coefficient (Wildman–Crippen LogP) is 0.952. The van der Waals surface area contributed by atoms with Crippen LogP contribution in [0.1, 0.15) is 35.8 Å². The summed E-state index contributed by atoms with van der Waals surface area (Å²) in [5, 5.41) is 3.99. The highest BCUT2D eigenvalue weighted by Crippen LogP contribution is 2.14. The molecule has 78 valence electrons. The molecule has 0 aliphatic carbocycles. The van der Waals surface area contributed by atoms with Crippen LogP contribution in [-0.2, 0) is 0 Å². The minimum absolute atomic E-state index is 0.311. The zero-order chi connectivity index (χ0) is 11.0. The van der Waals surface area contributed by atoms with Gasteiger partial charge in [0, 0.05) is 11.9 Å². The van der Waals surface area contributed by atoms with Crippen molar-refractivity contribution in [1.82, 2.24) is 14.6 Å². The van der Waals surface area contributed by atoms with E-state index in [4.69, 9.17) is 5.73 Å². The molecule has 0 atom stereocenters. The van der Waals surface area contributed by atoms with Gasteiger partial charge in [-0.05, 0) is 12.0 Å². The van der Waals surface area contributed by atoms with Crippen LogP contribution in [0.4, 0.5) is 0 Å². The predicted molar refractivity (Wildman–Crippen MR) is 55.6 cm³/mol. The lowest BCUT2D eigenvalue weighted by atomic mass is 10.1. The minimum atomic E-state index is -0.501. The maximum atomic E-state index is 11.1. The lowest BCUT2D eigenvalue weighted by molar-refractivity contribution is 0.100. The van der Waals surface area contributed by atoms with E-state index >= 15 is 0 Å². The third-order valence-corrected chi connectivity index (χ3v) is 2.25. The highest BCUT2D eigenvalue weighted by molar-refractivity contribution is 5.98. The van der Waals surface area contributed by atoms with Crippen LogP contribution in [0.15, 0.2) is 18.5 Å². The third-order valence-electron chi connectivity index (χ3n) is 2.25. The molecule has 0 radical (unpaired) electrons. The largest absolute Gasteiger partial charge is 0.365 e. The highest BCUT2D eigenvalue weighted by Gasteiger charge is 2.11. The topological polar surface area (TPSA) is 73.3 Å². The molecule has 0 aliphatic heterocycles. The van der Waals surface area contributed by atoms with Crippen LogP contribution in [0.25, 0.3) is 5.65 Å². The Morgan fingerprint density at radius 3 is 2.87 bits per heavy atom. The van der Waals surface area contributed by atoms with Gasteiger partial charge in [0.1, 0.15) is 5.56 Å². The Morgan fingerprint density at radius 1 is 1.53 bits per heavy atom. The summed E-state index contributed by atoms with van der Waals surface area (Å²) < 4.78 is 1.55. The Hall–Kier alpha value is -1.91. The fourth-order valence-corrected chi connectivity index (χ4v) is 1.38. The maximum absolute atomic E-state index is 11.1. The Kier molecular flexibility index (Phi) is 2.15. The second-order valence-corrected chi connectivity index (χ2v) is 3.70. The smallest absolute Gasteiger partial charge is 0.254 e. The second-order valence-electron chi connectivity index (χ2n) is 3.70. The van der Waals surface area contributed by atoms with Gasteiger partial charge in [0.05, 0.1) is 6.20 Å². The Labute approximate surface area is 86.9 Å². The standard InChI is InChI=1S/C10H12N4O/c1-6(2)8-3-4-14-10(13-8)7(5-12-14)9(11)15/h3-6H,1-2H3,(H2,11,15). The molecular formula is C10H12N4O. The van der Waals surface area contributed by atoms with Crippen LogP contribution >= 0.6 is 0 Å². The van der Waals surface area contributed by atoms with Crippen molar-refractivity contribution in [3.8, 4) is 0 Å². The number of nitrogens with two attached hydrogens (primary N) is 1. The van der Waals surface area contributed by atoms with Crippen molar-refractivity contribution in [2.24, 2.45) is 5.73 Å². The van der Waals surface area contributed by atoms with Crippen LogP contribution in [0.2, 0.25) is 0 Å². The van der Waals surface area contributed by atoms with E-state index in [2.05, 4.69) is 10.1 Å². The number of hydrogen-bond donors (Lipinski definition) is 1. The average molecular weight is 204 g/mol. The number of amides is 1. The minimum Gasteiger partial charge on any atom is -0.365 e. The molecule has 2 N–H and O–H groups in total. The molecule has 0 saturated heterocycles. The Bertz CT molecular complexity index is 515. The summed E-state index contributed by atoms with van der Waals surface area (Å²) in [6, 6.07) is 1.88. The van der Waals surface area contributed by atoms with Crippen LogP contribution in [0.5, 0.6) is 0 Å². The molecule has 2 heterocycles. The SMILES string of the molecule is CC(C)c1ccn2ncc(C(N)=O)c2n1. The van der Waals surface area contributed by atoms with E-state index in [1.54, 1.807) is 10.7 Å². The molecule has 5 heteroatoms. The van der Waals surface area contributed by atoms with Crippen molar-refractivity contribution in [1.29, 1.82) is 0 Å². The summed E-state index contributed by atoms with van der Waals surface area (Å²) in [4.78, 5) is 15.4. The molecule has 2 rings (SSSR count). The van der Waals surface area contributed by atoms with Gasteiger partial charge in [-0.25, -0.2) is 9.50 Å². The molecule has 0 fully saturated rings. The van der Waals surface area contributed by atoms with E-state index in [0.717, 1.165) is 5.69 Å². The fourth-order valence-electron chi connectivity index (χ4n) is 1.38. The van der Waals surface area contributed by atoms with Crippen molar-refractivity contribution in [3.63, 3.8) is 0 Å². The number of fused-ring (bicyclic) bond motifs is 1. The van der Waals surface area contributed by atoms with E-state index in [1.165, 1.54) is 6.20 Å². The molecule has 15 heavy (non-hydrogen) atoms. The number of rotatable bonds is 2. The summed E-state index contributed by atoms with van der Waals surface area (Å²) in [6.45, 7) is 4.08. The van der Waals surface area contributed by atoms with Gasteiger partial charge in [0.2, 0.25) is 0 Å². The number of carbonyl (C=O) groups is 1. The van der Waals surface area contributed by atoms with Gasteiger partial charge in [-0.1, -0.05) is 13.8 Å². The summed E-state index contributed by atoms with van der Waals surface area (Å²) in [6.07, 6.45) is 3.22. The normalized spacial score (nSPS) is 11.1. The van der Waals surface area contributed by atoms with E-state index in [1.807, 2.05) is 19.9 Å². The number of hydrogen-bond acceptors (Lipinski definition) is 3. The van der Waals surface area contributed by atoms with Crippen LogP contribution in [0, 0.1) is 0 Å². The van der Waals surface area contributed by atoms with Gasteiger partial charge in [0.25, 0.3) is 5.91 Å². The second kappa shape index (κ2) is 3.34. The monoisotopic (exact) mass is 204 g/mol. The number of nitrogens with zero attached hydrogens (tertiary/aromatic N) is 3. The average Bonchev–Trinajstić information content (AvgIpc) is 2.59. The molecule has 0 spiro atoms. The summed E-state index contributed by atoms with van der Waals surface area (Å²) in [5.74, 6) is -0.191. The Morgan fingerprint density at radius 2 is 2.27 bits per heavy atom. The van der Waals surface area contributed by atoms with Crippen molar-refractivity contribution in [2.45, 2.75) is 19.8 Å². The first-order valence-electron chi connectivity index (χ1n) is 4.73. The Balaban J connectivity index is 2.66. The van der Waals surface area contributed by atoms with Crippen LogP contribution in [0.3, 0.4) is 0 Å². The summed E-state index contributed by atoms with van der Waals surface area (Å²) in [7, 11) is 0. The summed E-state index contributed by atoms with van der Waals surface area (Å²) in [5.41, 5.74) is 7.02. The lowest BCUT2D eigenvalue weighted by Crippen LogP contribution is -2.11. The van der Waals surface area contributed by atoms with Crippen molar-refractivity contribution in [2.75, 3.05) is 0 Å². The van der Waals surface area contributed by atoms with Gasteiger partial charge in [0.15, 0.2) is 5.65 Å². The molecule has 0 saturated carbocycles. The van der Waals surface area contributed by atoms with Crippen molar-refractivity contribution in [3.05, 3.63) is 29.7 Å². The molecule has 1 amide bonds. The van der Waals surface area contributed by atoms with Crippen LogP contribution < -0.4 is 5.73 Å². The van der Waals surface area contributed by atoms with E-state index in [0.29, 0.717) is 17.1 Å². The van der Waals surface area contributed by atoms with E-state index in [-0.39, 0.29) is 0 Å². The molecule has 2 aromatic heterocycles. The highest BCUT2D eigenvalue weighted by atomic mass is 16.1. The van der Waals surface area contributed by atoms with Gasteiger partial charge >= 0.3 is 0 Å². The molecular weight excluding hydrogens is 192 g/mol. The first-order chi connectivity index (χ1) is 7.09. The number of carbonyl (C=O) groups excluding carboxylic acids is 1. The molecule has 0 bridgehead atoms. The van der Waals surface area contributed by atoms with Gasteiger partial charge in [-0.3, -0.25) is 4.79 Å². The van der Waals surface area contributed by atoms with Gasteiger partial charge < -0.3 is 5.73 Å². The van der Waals surface area contributed by atoms with Gasteiger partial charge in [-0.15, -0.1) is 0 Å². The molecule has 0 unspecified atom stereocenters. The number of primary amides is 1. The van der Waals surface area contributed by atoms with E-state index < -0.39 is 5.91 Å². The first kappa shape index (κ1) is 9.64. The third kappa shape index (κ3) is 1.56. The zero-order valence-electron chi connectivity index (χ0n) is 8.64. The molecule has 0 aromatic carbocycles. The number of aromatic nitrogens is 3. The fraction of sp³-hybridized carbons (Fsp3) is 0.300. The van der Waals surface area contributed by atoms with E-state index in [9.17, 15) is 4.79 Å².